The molecule has 0 fully saturated rings. The highest BCUT2D eigenvalue weighted by atomic mass is 79.9. The van der Waals surface area contributed by atoms with E-state index in [1.807, 2.05) is 61.5 Å². The summed E-state index contributed by atoms with van der Waals surface area (Å²) in [4.78, 5) is 12.9. The first-order valence-electron chi connectivity index (χ1n) is 6.46. The zero-order valence-corrected chi connectivity index (χ0v) is 12.6. The highest BCUT2D eigenvalue weighted by molar-refractivity contribution is 9.10. The largest absolute Gasteiger partial charge is 0.289 e. The lowest BCUT2D eigenvalue weighted by Crippen LogP contribution is -2.05. The molecule has 0 saturated carbocycles. The zero-order chi connectivity index (χ0) is 14.1. The SMILES string of the molecule is Cc1ccc2ccccc2c1C(=O)c1ccccc1Br. The molecule has 0 saturated heterocycles. The number of benzene rings is 3. The Morgan fingerprint density at radius 2 is 1.60 bits per heavy atom. The Morgan fingerprint density at radius 3 is 2.40 bits per heavy atom. The molecule has 0 amide bonds. The molecule has 0 bridgehead atoms. The number of fused-ring (bicyclic) bond motifs is 1. The number of rotatable bonds is 2. The average molecular weight is 325 g/mol. The van der Waals surface area contributed by atoms with Crippen molar-refractivity contribution in [1.82, 2.24) is 0 Å². The fraction of sp³-hybridized carbons (Fsp3) is 0.0556. The van der Waals surface area contributed by atoms with E-state index in [-0.39, 0.29) is 5.78 Å². The van der Waals surface area contributed by atoms with Crippen LogP contribution in [-0.4, -0.2) is 5.78 Å². The number of aryl methyl sites for hydroxylation is 1. The van der Waals surface area contributed by atoms with Crippen LogP contribution < -0.4 is 0 Å². The van der Waals surface area contributed by atoms with Gasteiger partial charge in [-0.25, -0.2) is 0 Å². The maximum Gasteiger partial charge on any atom is 0.195 e. The molecule has 0 aliphatic rings. The summed E-state index contributed by atoms with van der Waals surface area (Å²) in [6.45, 7) is 1.98. The van der Waals surface area contributed by atoms with Crippen LogP contribution in [0.25, 0.3) is 10.8 Å². The van der Waals surface area contributed by atoms with Gasteiger partial charge in [-0.2, -0.15) is 0 Å². The van der Waals surface area contributed by atoms with Crippen molar-refractivity contribution >= 4 is 32.5 Å². The number of ketones is 1. The highest BCUT2D eigenvalue weighted by Crippen LogP contribution is 2.27. The molecule has 3 aromatic rings. The van der Waals surface area contributed by atoms with Crippen LogP contribution in [0.2, 0.25) is 0 Å². The third-order valence-corrected chi connectivity index (χ3v) is 4.17. The summed E-state index contributed by atoms with van der Waals surface area (Å²) in [5, 5.41) is 2.10. The first kappa shape index (κ1) is 13.1. The van der Waals surface area contributed by atoms with E-state index in [4.69, 9.17) is 0 Å². The number of hydrogen-bond donors (Lipinski definition) is 0. The number of hydrogen-bond acceptors (Lipinski definition) is 1. The zero-order valence-electron chi connectivity index (χ0n) is 11.1. The van der Waals surface area contributed by atoms with E-state index in [1.165, 1.54) is 0 Å². The summed E-state index contributed by atoms with van der Waals surface area (Å²) in [6, 6.07) is 19.6. The molecular weight excluding hydrogens is 312 g/mol. The van der Waals surface area contributed by atoms with Crippen molar-refractivity contribution in [3.8, 4) is 0 Å². The lowest BCUT2D eigenvalue weighted by Gasteiger charge is -2.10. The van der Waals surface area contributed by atoms with E-state index in [2.05, 4.69) is 22.0 Å². The lowest BCUT2D eigenvalue weighted by molar-refractivity contribution is 0.103. The van der Waals surface area contributed by atoms with E-state index in [0.717, 1.165) is 26.4 Å². The summed E-state index contributed by atoms with van der Waals surface area (Å²) in [5.41, 5.74) is 2.49. The molecule has 1 nitrogen and oxygen atoms in total. The Hall–Kier alpha value is -1.93. The molecule has 20 heavy (non-hydrogen) atoms. The monoisotopic (exact) mass is 324 g/mol. The molecule has 0 aliphatic heterocycles. The predicted molar refractivity (Wildman–Crippen MR) is 86.3 cm³/mol. The van der Waals surface area contributed by atoms with Gasteiger partial charge in [0.05, 0.1) is 0 Å². The van der Waals surface area contributed by atoms with Crippen molar-refractivity contribution in [3.63, 3.8) is 0 Å². The third-order valence-electron chi connectivity index (χ3n) is 3.48. The van der Waals surface area contributed by atoms with Gasteiger partial charge in [0, 0.05) is 15.6 Å². The molecule has 0 radical (unpaired) electrons. The van der Waals surface area contributed by atoms with Crippen molar-refractivity contribution in [2.75, 3.05) is 0 Å². The molecule has 98 valence electrons. The van der Waals surface area contributed by atoms with Crippen LogP contribution in [0.1, 0.15) is 21.5 Å². The van der Waals surface area contributed by atoms with Crippen molar-refractivity contribution in [3.05, 3.63) is 81.8 Å². The molecule has 2 heteroatoms. The van der Waals surface area contributed by atoms with Gasteiger partial charge in [-0.3, -0.25) is 4.79 Å². The summed E-state index contributed by atoms with van der Waals surface area (Å²) in [6.07, 6.45) is 0. The Morgan fingerprint density at radius 1 is 0.900 bits per heavy atom. The Kier molecular flexibility index (Phi) is 3.41. The molecule has 0 atom stereocenters. The molecule has 0 heterocycles. The first-order valence-corrected chi connectivity index (χ1v) is 7.25. The van der Waals surface area contributed by atoms with E-state index >= 15 is 0 Å². The van der Waals surface area contributed by atoms with Gasteiger partial charge in [0.1, 0.15) is 0 Å². The molecule has 0 unspecified atom stereocenters. The van der Waals surface area contributed by atoms with E-state index < -0.39 is 0 Å². The minimum absolute atomic E-state index is 0.0618. The maximum absolute atomic E-state index is 12.9. The Bertz CT molecular complexity index is 805. The van der Waals surface area contributed by atoms with Crippen molar-refractivity contribution in [1.29, 1.82) is 0 Å². The van der Waals surface area contributed by atoms with E-state index in [0.29, 0.717) is 5.56 Å². The highest BCUT2D eigenvalue weighted by Gasteiger charge is 2.17. The standard InChI is InChI=1S/C18H13BrO/c1-12-10-11-13-6-2-3-7-14(13)17(12)18(20)15-8-4-5-9-16(15)19/h2-11H,1H3. The van der Waals surface area contributed by atoms with Crippen LogP contribution in [0.15, 0.2) is 65.1 Å². The molecule has 3 rings (SSSR count). The average Bonchev–Trinajstić information content (AvgIpc) is 2.47. The van der Waals surface area contributed by atoms with Crippen LogP contribution in [-0.2, 0) is 0 Å². The first-order chi connectivity index (χ1) is 9.68. The number of carbonyl (C=O) groups is 1. The fourth-order valence-electron chi connectivity index (χ4n) is 2.46. The second kappa shape index (κ2) is 5.22. The second-order valence-corrected chi connectivity index (χ2v) is 5.64. The molecule has 3 aromatic carbocycles. The van der Waals surface area contributed by atoms with Crippen LogP contribution in [0.4, 0.5) is 0 Å². The smallest absolute Gasteiger partial charge is 0.195 e. The molecular formula is C18H13BrO. The maximum atomic E-state index is 12.9. The summed E-state index contributed by atoms with van der Waals surface area (Å²) in [7, 11) is 0. The minimum Gasteiger partial charge on any atom is -0.289 e. The number of halogens is 1. The van der Waals surface area contributed by atoms with Crippen molar-refractivity contribution < 1.29 is 4.79 Å². The fourth-order valence-corrected chi connectivity index (χ4v) is 2.93. The van der Waals surface area contributed by atoms with E-state index in [1.54, 1.807) is 0 Å². The Labute approximate surface area is 126 Å². The number of carbonyl (C=O) groups excluding carboxylic acids is 1. The quantitative estimate of drug-likeness (QED) is 0.596. The van der Waals surface area contributed by atoms with Crippen molar-refractivity contribution in [2.24, 2.45) is 0 Å². The summed E-state index contributed by atoms with van der Waals surface area (Å²) in [5.74, 6) is 0.0618. The molecule has 0 aliphatic carbocycles. The normalized spacial score (nSPS) is 10.7. The lowest BCUT2D eigenvalue weighted by atomic mass is 9.93. The van der Waals surface area contributed by atoms with Gasteiger partial charge in [0.25, 0.3) is 0 Å². The van der Waals surface area contributed by atoms with Crippen LogP contribution in [0, 0.1) is 6.92 Å². The molecule has 0 aromatic heterocycles. The van der Waals surface area contributed by atoms with E-state index in [9.17, 15) is 4.79 Å². The van der Waals surface area contributed by atoms with Gasteiger partial charge in [0.2, 0.25) is 0 Å². The molecule has 0 spiro atoms. The van der Waals surface area contributed by atoms with Crippen LogP contribution in [0.5, 0.6) is 0 Å². The predicted octanol–water partition coefficient (Wildman–Crippen LogP) is 5.14. The van der Waals surface area contributed by atoms with Gasteiger partial charge in [-0.15, -0.1) is 0 Å². The summed E-state index contributed by atoms with van der Waals surface area (Å²) < 4.78 is 0.831. The summed E-state index contributed by atoms with van der Waals surface area (Å²) >= 11 is 3.46. The third kappa shape index (κ3) is 2.16. The van der Waals surface area contributed by atoms with Gasteiger partial charge in [0.15, 0.2) is 5.78 Å². The minimum atomic E-state index is 0.0618. The van der Waals surface area contributed by atoms with Gasteiger partial charge < -0.3 is 0 Å². The van der Waals surface area contributed by atoms with Gasteiger partial charge in [-0.05, 0) is 35.4 Å². The van der Waals surface area contributed by atoms with Crippen molar-refractivity contribution in [2.45, 2.75) is 6.92 Å². The molecule has 0 N–H and O–H groups in total. The Balaban J connectivity index is 2.27. The van der Waals surface area contributed by atoms with Crippen LogP contribution >= 0.6 is 15.9 Å². The van der Waals surface area contributed by atoms with Crippen LogP contribution in [0.3, 0.4) is 0 Å². The van der Waals surface area contributed by atoms with Gasteiger partial charge >= 0.3 is 0 Å². The van der Waals surface area contributed by atoms with Gasteiger partial charge in [-0.1, -0.05) is 64.5 Å². The topological polar surface area (TPSA) is 17.1 Å². The second-order valence-electron chi connectivity index (χ2n) is 4.79.